The Kier molecular flexibility index (Phi) is 4.98. The van der Waals surface area contributed by atoms with Crippen molar-refractivity contribution < 1.29 is 29.3 Å². The maximum Gasteiger partial charge on any atom is 0.128 e. The van der Waals surface area contributed by atoms with Crippen LogP contribution < -0.4 is 19.7 Å². The molecule has 22 heavy (non-hydrogen) atoms. The topological polar surface area (TPSA) is 98.7 Å². The van der Waals surface area contributed by atoms with E-state index in [4.69, 9.17) is 9.47 Å². The standard InChI is InChI=1S/C16H14O6/c17-15(18)9-21-13-7-3-1-5-11(13)12-6-2-4-8-14(12)22-10-16(19)20/h1-8H,9-10H2,(H,17,18)(H,19,20)/p-2. The van der Waals surface area contributed by atoms with Crippen LogP contribution in [0.1, 0.15) is 0 Å². The van der Waals surface area contributed by atoms with E-state index in [9.17, 15) is 19.8 Å². The molecule has 0 saturated heterocycles. The Morgan fingerprint density at radius 1 is 0.727 bits per heavy atom. The lowest BCUT2D eigenvalue weighted by molar-refractivity contribution is -0.308. The molecule has 2 aromatic rings. The summed E-state index contributed by atoms with van der Waals surface area (Å²) < 4.78 is 10.4. The monoisotopic (exact) mass is 300 g/mol. The number of rotatable bonds is 7. The number of para-hydroxylation sites is 2. The van der Waals surface area contributed by atoms with Crippen molar-refractivity contribution in [2.24, 2.45) is 0 Å². The third kappa shape index (κ3) is 3.99. The smallest absolute Gasteiger partial charge is 0.128 e. The summed E-state index contributed by atoms with van der Waals surface area (Å²) in [6.45, 7) is -1.17. The number of carbonyl (C=O) groups is 2. The summed E-state index contributed by atoms with van der Waals surface area (Å²) >= 11 is 0. The second-order valence-electron chi connectivity index (χ2n) is 4.31. The summed E-state index contributed by atoms with van der Waals surface area (Å²) in [5.41, 5.74) is 1.16. The van der Waals surface area contributed by atoms with Gasteiger partial charge < -0.3 is 29.3 Å². The van der Waals surface area contributed by atoms with Gasteiger partial charge in [0.1, 0.15) is 24.7 Å². The highest BCUT2D eigenvalue weighted by molar-refractivity contribution is 5.77. The first-order valence-electron chi connectivity index (χ1n) is 6.41. The number of hydrogen-bond acceptors (Lipinski definition) is 6. The molecule has 0 aliphatic carbocycles. The van der Waals surface area contributed by atoms with Crippen LogP contribution >= 0.6 is 0 Å². The van der Waals surface area contributed by atoms with Crippen LogP contribution in [-0.2, 0) is 9.59 Å². The van der Waals surface area contributed by atoms with Gasteiger partial charge in [0.05, 0.1) is 11.9 Å². The third-order valence-corrected chi connectivity index (χ3v) is 2.76. The van der Waals surface area contributed by atoms with E-state index in [2.05, 4.69) is 0 Å². The molecule has 2 rings (SSSR count). The molecule has 0 fully saturated rings. The molecule has 0 amide bonds. The molecule has 6 nitrogen and oxygen atoms in total. The molecule has 0 N–H and O–H groups in total. The second-order valence-corrected chi connectivity index (χ2v) is 4.31. The fourth-order valence-corrected chi connectivity index (χ4v) is 1.90. The average Bonchev–Trinajstić information content (AvgIpc) is 2.51. The molecule has 0 aliphatic heterocycles. The van der Waals surface area contributed by atoms with Gasteiger partial charge in [-0.05, 0) is 12.1 Å². The van der Waals surface area contributed by atoms with Crippen LogP contribution in [0.4, 0.5) is 0 Å². The molecule has 6 heteroatoms. The van der Waals surface area contributed by atoms with Gasteiger partial charge in [0.15, 0.2) is 0 Å². The highest BCUT2D eigenvalue weighted by Gasteiger charge is 2.11. The summed E-state index contributed by atoms with van der Waals surface area (Å²) in [5.74, 6) is -2.01. The van der Waals surface area contributed by atoms with E-state index in [0.29, 0.717) is 22.6 Å². The van der Waals surface area contributed by atoms with Gasteiger partial charge in [-0.1, -0.05) is 36.4 Å². The van der Waals surface area contributed by atoms with E-state index in [1.54, 1.807) is 48.5 Å². The van der Waals surface area contributed by atoms with Crippen molar-refractivity contribution in [3.8, 4) is 22.6 Å². The fourth-order valence-electron chi connectivity index (χ4n) is 1.90. The number of benzene rings is 2. The first-order chi connectivity index (χ1) is 10.6. The van der Waals surface area contributed by atoms with E-state index >= 15 is 0 Å². The molecular weight excluding hydrogens is 288 g/mol. The van der Waals surface area contributed by atoms with Crippen LogP contribution in [0.25, 0.3) is 11.1 Å². The quantitative estimate of drug-likeness (QED) is 0.690. The molecule has 0 aromatic heterocycles. The predicted octanol–water partition coefficient (Wildman–Crippen LogP) is -0.389. The normalized spacial score (nSPS) is 10.0. The van der Waals surface area contributed by atoms with Crippen LogP contribution in [0.3, 0.4) is 0 Å². The highest BCUT2D eigenvalue weighted by atomic mass is 16.5. The van der Waals surface area contributed by atoms with E-state index in [1.165, 1.54) is 0 Å². The number of hydrogen-bond donors (Lipinski definition) is 0. The number of carboxylic acid groups (broad SMARTS) is 2. The molecule has 0 spiro atoms. The number of ether oxygens (including phenoxy) is 2. The number of carboxylic acids is 2. The van der Waals surface area contributed by atoms with Gasteiger partial charge >= 0.3 is 0 Å². The lowest BCUT2D eigenvalue weighted by Gasteiger charge is -2.15. The highest BCUT2D eigenvalue weighted by Crippen LogP contribution is 2.36. The van der Waals surface area contributed by atoms with Crippen LogP contribution in [0.2, 0.25) is 0 Å². The minimum atomic E-state index is -1.34. The Labute approximate surface area is 126 Å². The zero-order valence-corrected chi connectivity index (χ0v) is 11.5. The van der Waals surface area contributed by atoms with Crippen LogP contribution in [0.5, 0.6) is 11.5 Å². The maximum absolute atomic E-state index is 10.5. The molecular formula is C16H12O6-2. The zero-order valence-electron chi connectivity index (χ0n) is 11.5. The zero-order chi connectivity index (χ0) is 15.9. The SMILES string of the molecule is O=C([O-])COc1ccccc1-c1ccccc1OCC(=O)[O-]. The van der Waals surface area contributed by atoms with Crippen LogP contribution in [0.15, 0.2) is 48.5 Å². The van der Waals surface area contributed by atoms with E-state index in [-0.39, 0.29) is 0 Å². The van der Waals surface area contributed by atoms with Gasteiger partial charge in [0.25, 0.3) is 0 Å². The largest absolute Gasteiger partial charge is 0.546 e. The fraction of sp³-hybridized carbons (Fsp3) is 0.125. The second kappa shape index (κ2) is 7.12. The number of carbonyl (C=O) groups excluding carboxylic acids is 2. The maximum atomic E-state index is 10.5. The molecule has 0 saturated carbocycles. The molecule has 0 radical (unpaired) electrons. The van der Waals surface area contributed by atoms with Gasteiger partial charge in [0, 0.05) is 11.1 Å². The molecule has 0 unspecified atom stereocenters. The first kappa shape index (κ1) is 15.4. The summed E-state index contributed by atoms with van der Waals surface area (Å²) in [5, 5.41) is 21.1. The Balaban J connectivity index is 2.35. The molecule has 114 valence electrons. The Hall–Kier alpha value is -3.02. The summed E-state index contributed by atoms with van der Waals surface area (Å²) in [6, 6.07) is 13.5. The minimum absolute atomic E-state index is 0.330. The predicted molar refractivity (Wildman–Crippen MR) is 72.9 cm³/mol. The van der Waals surface area contributed by atoms with Crippen molar-refractivity contribution in [3.63, 3.8) is 0 Å². The Morgan fingerprint density at radius 3 is 1.45 bits per heavy atom. The first-order valence-corrected chi connectivity index (χ1v) is 6.41. The van der Waals surface area contributed by atoms with Gasteiger partial charge in [-0.25, -0.2) is 0 Å². The van der Waals surface area contributed by atoms with Gasteiger partial charge in [-0.3, -0.25) is 0 Å². The average molecular weight is 300 g/mol. The minimum Gasteiger partial charge on any atom is -0.546 e. The third-order valence-electron chi connectivity index (χ3n) is 2.76. The van der Waals surface area contributed by atoms with Crippen molar-refractivity contribution in [3.05, 3.63) is 48.5 Å². The molecule has 0 aliphatic rings. The van der Waals surface area contributed by atoms with E-state index < -0.39 is 25.2 Å². The van der Waals surface area contributed by atoms with Crippen molar-refractivity contribution >= 4 is 11.9 Å². The van der Waals surface area contributed by atoms with Crippen molar-refractivity contribution in [1.82, 2.24) is 0 Å². The van der Waals surface area contributed by atoms with Gasteiger partial charge in [0.2, 0.25) is 0 Å². The molecule has 2 aromatic carbocycles. The lowest BCUT2D eigenvalue weighted by Crippen LogP contribution is -2.29. The Morgan fingerprint density at radius 2 is 1.09 bits per heavy atom. The van der Waals surface area contributed by atoms with Gasteiger partial charge in [-0.2, -0.15) is 0 Å². The van der Waals surface area contributed by atoms with Crippen LogP contribution in [-0.4, -0.2) is 25.2 Å². The van der Waals surface area contributed by atoms with Crippen molar-refractivity contribution in [2.75, 3.05) is 13.2 Å². The molecule has 0 heterocycles. The van der Waals surface area contributed by atoms with Crippen molar-refractivity contribution in [1.29, 1.82) is 0 Å². The van der Waals surface area contributed by atoms with E-state index in [1.807, 2.05) is 0 Å². The van der Waals surface area contributed by atoms with Crippen molar-refractivity contribution in [2.45, 2.75) is 0 Å². The molecule has 0 bridgehead atoms. The Bertz CT molecular complexity index is 620. The summed E-state index contributed by atoms with van der Waals surface area (Å²) in [6.07, 6.45) is 0. The number of aliphatic carboxylic acids is 2. The van der Waals surface area contributed by atoms with Crippen LogP contribution in [0, 0.1) is 0 Å². The summed E-state index contributed by atoms with van der Waals surface area (Å²) in [4.78, 5) is 21.1. The van der Waals surface area contributed by atoms with Gasteiger partial charge in [-0.15, -0.1) is 0 Å². The molecule has 0 atom stereocenters. The lowest BCUT2D eigenvalue weighted by atomic mass is 10.0. The van der Waals surface area contributed by atoms with E-state index in [0.717, 1.165) is 0 Å². The summed E-state index contributed by atoms with van der Waals surface area (Å²) in [7, 11) is 0.